The van der Waals surface area contributed by atoms with Gasteiger partial charge in [0.2, 0.25) is 0 Å². The lowest BCUT2D eigenvalue weighted by molar-refractivity contribution is 0.781. The zero-order valence-electron chi connectivity index (χ0n) is 6.62. The third-order valence-corrected chi connectivity index (χ3v) is 1.53. The molecule has 0 radical (unpaired) electrons. The zero-order valence-corrected chi connectivity index (χ0v) is 6.62. The molecule has 0 aliphatic rings. The van der Waals surface area contributed by atoms with Crippen LogP contribution in [0, 0.1) is 11.3 Å². The Morgan fingerprint density at radius 2 is 2.31 bits per heavy atom. The van der Waals surface area contributed by atoms with Crippen molar-refractivity contribution in [1.82, 2.24) is 20.0 Å². The van der Waals surface area contributed by atoms with E-state index in [1.54, 1.807) is 24.5 Å². The van der Waals surface area contributed by atoms with Gasteiger partial charge in [-0.15, -0.1) is 5.10 Å². The standard InChI is InChI=1S/C8H5N5/c9-5-7-1-2-8(10-6-7)13-4-3-11-12-13/h1-4,6H. The number of nitriles is 1. The van der Waals surface area contributed by atoms with Gasteiger partial charge in [-0.05, 0) is 12.1 Å². The monoisotopic (exact) mass is 171 g/mol. The molecule has 2 aromatic rings. The van der Waals surface area contributed by atoms with Crippen molar-refractivity contribution in [2.24, 2.45) is 0 Å². The van der Waals surface area contributed by atoms with E-state index in [0.29, 0.717) is 11.4 Å². The Kier molecular flexibility index (Phi) is 1.73. The molecule has 0 aliphatic carbocycles. The van der Waals surface area contributed by atoms with Gasteiger partial charge in [0.25, 0.3) is 0 Å². The summed E-state index contributed by atoms with van der Waals surface area (Å²) < 4.78 is 1.53. The van der Waals surface area contributed by atoms with E-state index in [2.05, 4.69) is 15.3 Å². The van der Waals surface area contributed by atoms with E-state index in [0.717, 1.165) is 0 Å². The molecule has 0 saturated heterocycles. The first kappa shape index (κ1) is 7.43. The van der Waals surface area contributed by atoms with Gasteiger partial charge in [0.15, 0.2) is 5.82 Å². The molecule has 5 heteroatoms. The van der Waals surface area contributed by atoms with Gasteiger partial charge in [0.1, 0.15) is 6.07 Å². The summed E-state index contributed by atoms with van der Waals surface area (Å²) in [6.07, 6.45) is 4.76. The minimum atomic E-state index is 0.531. The fourth-order valence-corrected chi connectivity index (χ4v) is 0.918. The second-order valence-corrected chi connectivity index (χ2v) is 2.36. The van der Waals surface area contributed by atoms with Gasteiger partial charge < -0.3 is 0 Å². The third kappa shape index (κ3) is 1.37. The highest BCUT2D eigenvalue weighted by molar-refractivity contribution is 5.31. The van der Waals surface area contributed by atoms with Gasteiger partial charge in [-0.25, -0.2) is 9.67 Å². The fraction of sp³-hybridized carbons (Fsp3) is 0. The molecule has 0 amide bonds. The van der Waals surface area contributed by atoms with Crippen LogP contribution < -0.4 is 0 Å². The van der Waals surface area contributed by atoms with Crippen molar-refractivity contribution >= 4 is 0 Å². The maximum absolute atomic E-state index is 8.53. The molecule has 0 spiro atoms. The molecule has 5 nitrogen and oxygen atoms in total. The van der Waals surface area contributed by atoms with Gasteiger partial charge >= 0.3 is 0 Å². The molecule has 0 N–H and O–H groups in total. The van der Waals surface area contributed by atoms with Crippen molar-refractivity contribution in [1.29, 1.82) is 5.26 Å². The van der Waals surface area contributed by atoms with Crippen molar-refractivity contribution in [2.45, 2.75) is 0 Å². The van der Waals surface area contributed by atoms with Crippen LogP contribution in [0.15, 0.2) is 30.7 Å². The first-order valence-corrected chi connectivity index (χ1v) is 3.63. The minimum Gasteiger partial charge on any atom is -0.236 e. The van der Waals surface area contributed by atoms with Crippen molar-refractivity contribution in [3.63, 3.8) is 0 Å². The SMILES string of the molecule is N#Cc1ccc(-n2ccnn2)nc1. The van der Waals surface area contributed by atoms with Crippen LogP contribution in [0.2, 0.25) is 0 Å². The topological polar surface area (TPSA) is 67.4 Å². The quantitative estimate of drug-likeness (QED) is 0.627. The van der Waals surface area contributed by atoms with E-state index in [-0.39, 0.29) is 0 Å². The molecular formula is C8H5N5. The second-order valence-electron chi connectivity index (χ2n) is 2.36. The van der Waals surface area contributed by atoms with Gasteiger partial charge in [0.05, 0.1) is 18.0 Å². The lowest BCUT2D eigenvalue weighted by Gasteiger charge is -1.96. The molecule has 0 aliphatic heterocycles. The van der Waals surface area contributed by atoms with Crippen LogP contribution in [0.4, 0.5) is 0 Å². The van der Waals surface area contributed by atoms with Gasteiger partial charge in [-0.1, -0.05) is 5.21 Å². The summed E-state index contributed by atoms with van der Waals surface area (Å²) in [7, 11) is 0. The summed E-state index contributed by atoms with van der Waals surface area (Å²) in [4.78, 5) is 4.03. The maximum atomic E-state index is 8.53. The van der Waals surface area contributed by atoms with Crippen LogP contribution in [0.5, 0.6) is 0 Å². The summed E-state index contributed by atoms with van der Waals surface area (Å²) in [6, 6.07) is 5.39. The Bertz CT molecular complexity index is 423. The molecular weight excluding hydrogens is 166 g/mol. The van der Waals surface area contributed by atoms with E-state index in [4.69, 9.17) is 5.26 Å². The Hall–Kier alpha value is -2.22. The molecule has 0 unspecified atom stereocenters. The number of hydrogen-bond donors (Lipinski definition) is 0. The van der Waals surface area contributed by atoms with Crippen LogP contribution in [-0.4, -0.2) is 20.0 Å². The Morgan fingerprint density at radius 1 is 1.38 bits per heavy atom. The highest BCUT2D eigenvalue weighted by atomic mass is 15.4. The van der Waals surface area contributed by atoms with Gasteiger partial charge in [-0.2, -0.15) is 5.26 Å². The van der Waals surface area contributed by atoms with Gasteiger partial charge in [0, 0.05) is 6.20 Å². The number of pyridine rings is 1. The van der Waals surface area contributed by atoms with E-state index < -0.39 is 0 Å². The highest BCUT2D eigenvalue weighted by Gasteiger charge is 1.97. The van der Waals surface area contributed by atoms with Crippen molar-refractivity contribution in [3.05, 3.63) is 36.3 Å². The molecule has 0 fully saturated rings. The van der Waals surface area contributed by atoms with E-state index >= 15 is 0 Å². The number of nitrogens with zero attached hydrogens (tertiary/aromatic N) is 5. The molecule has 2 heterocycles. The Morgan fingerprint density at radius 3 is 2.85 bits per heavy atom. The van der Waals surface area contributed by atoms with Crippen molar-refractivity contribution in [3.8, 4) is 11.9 Å². The van der Waals surface area contributed by atoms with Crippen molar-refractivity contribution < 1.29 is 0 Å². The van der Waals surface area contributed by atoms with E-state index in [1.807, 2.05) is 6.07 Å². The largest absolute Gasteiger partial charge is 0.236 e. The Labute approximate surface area is 74.3 Å². The van der Waals surface area contributed by atoms with E-state index in [1.165, 1.54) is 10.9 Å². The van der Waals surface area contributed by atoms with Crippen LogP contribution in [0.3, 0.4) is 0 Å². The summed E-state index contributed by atoms with van der Waals surface area (Å²) in [6.45, 7) is 0. The summed E-state index contributed by atoms with van der Waals surface area (Å²) in [5, 5.41) is 15.9. The Balaban J connectivity index is 2.40. The fourth-order valence-electron chi connectivity index (χ4n) is 0.918. The number of rotatable bonds is 1. The number of hydrogen-bond acceptors (Lipinski definition) is 4. The van der Waals surface area contributed by atoms with Crippen LogP contribution in [0.25, 0.3) is 5.82 Å². The highest BCUT2D eigenvalue weighted by Crippen LogP contribution is 2.02. The summed E-state index contributed by atoms with van der Waals surface area (Å²) in [5.41, 5.74) is 0.531. The molecule has 0 saturated carbocycles. The molecule has 0 atom stereocenters. The predicted molar refractivity (Wildman–Crippen MR) is 43.9 cm³/mol. The minimum absolute atomic E-state index is 0.531. The van der Waals surface area contributed by atoms with Crippen LogP contribution in [-0.2, 0) is 0 Å². The molecule has 2 aromatic heterocycles. The molecule has 0 bridgehead atoms. The average molecular weight is 171 g/mol. The first-order valence-electron chi connectivity index (χ1n) is 3.63. The normalized spacial score (nSPS) is 9.46. The summed E-state index contributed by atoms with van der Waals surface area (Å²) >= 11 is 0. The molecule has 2 rings (SSSR count). The van der Waals surface area contributed by atoms with Crippen molar-refractivity contribution in [2.75, 3.05) is 0 Å². The lowest BCUT2D eigenvalue weighted by Crippen LogP contribution is -1.97. The smallest absolute Gasteiger partial charge is 0.155 e. The maximum Gasteiger partial charge on any atom is 0.155 e. The van der Waals surface area contributed by atoms with Crippen LogP contribution in [0.1, 0.15) is 5.56 Å². The second kappa shape index (κ2) is 3.03. The average Bonchev–Trinajstić information content (AvgIpc) is 2.71. The van der Waals surface area contributed by atoms with Gasteiger partial charge in [-0.3, -0.25) is 0 Å². The molecule has 0 aromatic carbocycles. The zero-order chi connectivity index (χ0) is 9.10. The molecule has 62 valence electrons. The number of aromatic nitrogens is 4. The molecule has 13 heavy (non-hydrogen) atoms. The summed E-state index contributed by atoms with van der Waals surface area (Å²) in [5.74, 6) is 0.650. The predicted octanol–water partition coefficient (Wildman–Crippen LogP) is 0.534. The van der Waals surface area contributed by atoms with Crippen LogP contribution >= 0.6 is 0 Å². The first-order chi connectivity index (χ1) is 6.40. The lowest BCUT2D eigenvalue weighted by atomic mass is 10.3. The third-order valence-electron chi connectivity index (χ3n) is 1.53. The van der Waals surface area contributed by atoms with E-state index in [9.17, 15) is 0 Å².